The standard InChI is InChI=1S/C21H23BrN4O/c1-14-5-6-18-19(11-14)25-20(24-18)13-26-9-7-15(8-10-26)21(27)23-17-4-2-3-16(22)12-17/h2-6,11-12,15H,7-10,13H2,1H3,(H,23,27)(H,24,25). The molecule has 2 heterocycles. The number of rotatable bonds is 4. The number of fused-ring (bicyclic) bond motifs is 1. The van der Waals surface area contributed by atoms with E-state index in [4.69, 9.17) is 0 Å². The molecule has 0 radical (unpaired) electrons. The van der Waals surface area contributed by atoms with Crippen molar-refractivity contribution in [2.24, 2.45) is 5.92 Å². The number of carbonyl (C=O) groups excluding carboxylic acids is 1. The van der Waals surface area contributed by atoms with E-state index in [0.29, 0.717) is 0 Å². The van der Waals surface area contributed by atoms with Crippen LogP contribution >= 0.6 is 15.9 Å². The summed E-state index contributed by atoms with van der Waals surface area (Å²) >= 11 is 3.44. The smallest absolute Gasteiger partial charge is 0.227 e. The van der Waals surface area contributed by atoms with Gasteiger partial charge >= 0.3 is 0 Å². The molecule has 0 bridgehead atoms. The molecule has 2 aromatic carbocycles. The van der Waals surface area contributed by atoms with E-state index in [-0.39, 0.29) is 11.8 Å². The Labute approximate surface area is 167 Å². The van der Waals surface area contributed by atoms with Crippen LogP contribution in [0.25, 0.3) is 11.0 Å². The summed E-state index contributed by atoms with van der Waals surface area (Å²) in [6.07, 6.45) is 1.75. The average molecular weight is 427 g/mol. The molecule has 0 unspecified atom stereocenters. The second kappa shape index (κ2) is 7.82. The Kier molecular flexibility index (Phi) is 5.27. The van der Waals surface area contributed by atoms with Crippen LogP contribution in [0.4, 0.5) is 5.69 Å². The van der Waals surface area contributed by atoms with Crippen molar-refractivity contribution in [3.05, 3.63) is 58.3 Å². The summed E-state index contributed by atoms with van der Waals surface area (Å²) < 4.78 is 0.969. The number of aromatic nitrogens is 2. The van der Waals surface area contributed by atoms with Gasteiger partial charge in [-0.25, -0.2) is 4.98 Å². The molecule has 1 aromatic heterocycles. The molecule has 0 saturated carbocycles. The van der Waals surface area contributed by atoms with Crippen LogP contribution in [-0.2, 0) is 11.3 Å². The van der Waals surface area contributed by atoms with Gasteiger partial charge in [-0.05, 0) is 68.8 Å². The summed E-state index contributed by atoms with van der Waals surface area (Å²) in [6, 6.07) is 14.0. The minimum atomic E-state index is 0.0681. The van der Waals surface area contributed by atoms with Crippen LogP contribution in [0.5, 0.6) is 0 Å². The van der Waals surface area contributed by atoms with Crippen LogP contribution in [0.1, 0.15) is 24.2 Å². The number of H-pyrrole nitrogens is 1. The van der Waals surface area contributed by atoms with Crippen molar-refractivity contribution < 1.29 is 4.79 Å². The van der Waals surface area contributed by atoms with Crippen LogP contribution in [0, 0.1) is 12.8 Å². The highest BCUT2D eigenvalue weighted by molar-refractivity contribution is 9.10. The normalized spacial score (nSPS) is 15.9. The number of nitrogens with one attached hydrogen (secondary N) is 2. The fraction of sp³-hybridized carbons (Fsp3) is 0.333. The first-order valence-electron chi connectivity index (χ1n) is 9.31. The first kappa shape index (κ1) is 18.2. The number of aromatic amines is 1. The lowest BCUT2D eigenvalue weighted by Gasteiger charge is -2.30. The number of likely N-dealkylation sites (tertiary alicyclic amines) is 1. The molecule has 3 aromatic rings. The van der Waals surface area contributed by atoms with Crippen LogP contribution in [0.3, 0.4) is 0 Å². The summed E-state index contributed by atoms with van der Waals surface area (Å²) in [6.45, 7) is 4.71. The minimum Gasteiger partial charge on any atom is -0.341 e. The molecule has 1 amide bonds. The fourth-order valence-corrected chi connectivity index (χ4v) is 4.03. The Bertz CT molecular complexity index is 960. The number of amides is 1. The minimum absolute atomic E-state index is 0.0681. The van der Waals surface area contributed by atoms with Gasteiger partial charge in [-0.2, -0.15) is 0 Å². The van der Waals surface area contributed by atoms with Gasteiger partial charge in [0.15, 0.2) is 0 Å². The monoisotopic (exact) mass is 426 g/mol. The number of hydrogen-bond donors (Lipinski definition) is 2. The Morgan fingerprint density at radius 2 is 2.07 bits per heavy atom. The number of hydrogen-bond acceptors (Lipinski definition) is 3. The topological polar surface area (TPSA) is 61.0 Å². The summed E-state index contributed by atoms with van der Waals surface area (Å²) in [7, 11) is 0. The number of anilines is 1. The Morgan fingerprint density at radius 3 is 2.85 bits per heavy atom. The van der Waals surface area contributed by atoms with Crippen molar-refractivity contribution >= 4 is 38.6 Å². The average Bonchev–Trinajstić information content (AvgIpc) is 3.03. The van der Waals surface area contributed by atoms with Gasteiger partial charge < -0.3 is 10.3 Å². The van der Waals surface area contributed by atoms with Crippen molar-refractivity contribution in [3.8, 4) is 0 Å². The third kappa shape index (κ3) is 4.39. The van der Waals surface area contributed by atoms with E-state index in [1.165, 1.54) is 5.56 Å². The zero-order valence-electron chi connectivity index (χ0n) is 15.3. The number of nitrogens with zero attached hydrogens (tertiary/aromatic N) is 2. The highest BCUT2D eigenvalue weighted by Crippen LogP contribution is 2.22. The SMILES string of the molecule is Cc1ccc2nc(CN3CCC(C(=O)Nc4cccc(Br)c4)CC3)[nH]c2c1. The molecular weight excluding hydrogens is 404 g/mol. The highest BCUT2D eigenvalue weighted by Gasteiger charge is 2.25. The lowest BCUT2D eigenvalue weighted by molar-refractivity contribution is -0.121. The lowest BCUT2D eigenvalue weighted by atomic mass is 9.96. The molecule has 0 atom stereocenters. The number of piperidine rings is 1. The van der Waals surface area contributed by atoms with E-state index in [1.54, 1.807) is 0 Å². The fourth-order valence-electron chi connectivity index (χ4n) is 3.63. The van der Waals surface area contributed by atoms with E-state index in [2.05, 4.69) is 61.2 Å². The number of carbonyl (C=O) groups is 1. The first-order valence-corrected chi connectivity index (χ1v) is 10.1. The number of benzene rings is 2. The number of imidazole rings is 1. The molecule has 6 heteroatoms. The third-order valence-corrected chi connectivity index (χ3v) is 5.60. The van der Waals surface area contributed by atoms with Crippen molar-refractivity contribution in [3.63, 3.8) is 0 Å². The summed E-state index contributed by atoms with van der Waals surface area (Å²) in [5.41, 5.74) is 4.18. The van der Waals surface area contributed by atoms with E-state index >= 15 is 0 Å². The summed E-state index contributed by atoms with van der Waals surface area (Å²) in [5.74, 6) is 1.18. The molecular formula is C21H23BrN4O. The van der Waals surface area contributed by atoms with Gasteiger partial charge in [0.05, 0.1) is 17.6 Å². The number of aryl methyl sites for hydroxylation is 1. The van der Waals surface area contributed by atoms with Gasteiger partial charge in [0, 0.05) is 16.1 Å². The second-order valence-corrected chi connectivity index (χ2v) is 8.17. The largest absolute Gasteiger partial charge is 0.341 e. The van der Waals surface area contributed by atoms with E-state index in [9.17, 15) is 4.79 Å². The molecule has 1 aliphatic rings. The quantitative estimate of drug-likeness (QED) is 0.645. The maximum Gasteiger partial charge on any atom is 0.227 e. The van der Waals surface area contributed by atoms with Crippen molar-refractivity contribution in [2.45, 2.75) is 26.3 Å². The maximum atomic E-state index is 12.5. The van der Waals surface area contributed by atoms with Crippen LogP contribution < -0.4 is 5.32 Å². The Balaban J connectivity index is 1.32. The number of halogens is 1. The zero-order chi connectivity index (χ0) is 18.8. The second-order valence-electron chi connectivity index (χ2n) is 7.25. The zero-order valence-corrected chi connectivity index (χ0v) is 16.9. The van der Waals surface area contributed by atoms with E-state index in [1.807, 2.05) is 24.3 Å². The molecule has 2 N–H and O–H groups in total. The maximum absolute atomic E-state index is 12.5. The predicted octanol–water partition coefficient (Wildman–Crippen LogP) is 4.48. The van der Waals surface area contributed by atoms with Gasteiger partial charge in [-0.3, -0.25) is 9.69 Å². The van der Waals surface area contributed by atoms with E-state index < -0.39 is 0 Å². The Morgan fingerprint density at radius 1 is 1.26 bits per heavy atom. The van der Waals surface area contributed by atoms with Crippen molar-refractivity contribution in [2.75, 3.05) is 18.4 Å². The Hall–Kier alpha value is -2.18. The first-order chi connectivity index (χ1) is 13.1. The summed E-state index contributed by atoms with van der Waals surface area (Å²) in [5, 5.41) is 3.03. The molecule has 4 rings (SSSR count). The predicted molar refractivity (Wildman–Crippen MR) is 112 cm³/mol. The van der Waals surface area contributed by atoms with Gasteiger partial charge in [-0.15, -0.1) is 0 Å². The molecule has 140 valence electrons. The molecule has 1 aliphatic heterocycles. The van der Waals surface area contributed by atoms with Gasteiger partial charge in [0.2, 0.25) is 5.91 Å². The van der Waals surface area contributed by atoms with Gasteiger partial charge in [-0.1, -0.05) is 28.1 Å². The lowest BCUT2D eigenvalue weighted by Crippen LogP contribution is -2.38. The van der Waals surface area contributed by atoms with E-state index in [0.717, 1.165) is 59.5 Å². The molecule has 0 spiro atoms. The van der Waals surface area contributed by atoms with Crippen LogP contribution in [-0.4, -0.2) is 33.9 Å². The van der Waals surface area contributed by atoms with Crippen molar-refractivity contribution in [1.82, 2.24) is 14.9 Å². The molecule has 0 aliphatic carbocycles. The van der Waals surface area contributed by atoms with Gasteiger partial charge in [0.1, 0.15) is 5.82 Å². The van der Waals surface area contributed by atoms with Crippen molar-refractivity contribution in [1.29, 1.82) is 0 Å². The van der Waals surface area contributed by atoms with Gasteiger partial charge in [0.25, 0.3) is 0 Å². The molecule has 1 fully saturated rings. The highest BCUT2D eigenvalue weighted by atomic mass is 79.9. The van der Waals surface area contributed by atoms with Crippen LogP contribution in [0.15, 0.2) is 46.9 Å². The van der Waals surface area contributed by atoms with Crippen LogP contribution in [0.2, 0.25) is 0 Å². The third-order valence-electron chi connectivity index (χ3n) is 5.11. The molecule has 1 saturated heterocycles. The molecule has 27 heavy (non-hydrogen) atoms. The summed E-state index contributed by atoms with van der Waals surface area (Å²) in [4.78, 5) is 23.0. The molecule has 5 nitrogen and oxygen atoms in total.